The van der Waals surface area contributed by atoms with Crippen molar-refractivity contribution in [2.75, 3.05) is 38.9 Å². The first-order chi connectivity index (χ1) is 16.5. The molecule has 0 amide bonds. The van der Waals surface area contributed by atoms with Gasteiger partial charge in [-0.3, -0.25) is 0 Å². The molecule has 0 radical (unpaired) electrons. The Labute approximate surface area is 226 Å². The molecule has 0 aromatic carbocycles. The molecule has 0 heterocycles. The van der Waals surface area contributed by atoms with Gasteiger partial charge < -0.3 is 10.2 Å². The van der Waals surface area contributed by atoms with Crippen LogP contribution < -0.4 is 5.32 Å². The zero-order valence-electron chi connectivity index (χ0n) is 21.7. The molecule has 8 saturated carbocycles. The number of halogens is 2. The van der Waals surface area contributed by atoms with Crippen molar-refractivity contribution in [3.63, 3.8) is 0 Å². The summed E-state index contributed by atoms with van der Waals surface area (Å²) in [5, 5.41) is 5.67. The van der Waals surface area contributed by atoms with Gasteiger partial charge in [0.05, 0.1) is 16.5 Å². The molecule has 0 aromatic heterocycles. The van der Waals surface area contributed by atoms with Crippen molar-refractivity contribution < 1.29 is 12.9 Å². The minimum absolute atomic E-state index is 0.320. The Kier molecular flexibility index (Phi) is 9.27. The molecule has 0 atom stereocenters. The molecule has 8 aliphatic rings. The van der Waals surface area contributed by atoms with Crippen LogP contribution in [-0.2, 0) is 12.9 Å². The molecule has 0 aromatic rings. The van der Waals surface area contributed by atoms with E-state index in [4.69, 9.17) is 20.3 Å². The molecule has 34 heavy (non-hydrogen) atoms. The predicted octanol–water partition coefficient (Wildman–Crippen LogP) is 7.45. The van der Waals surface area contributed by atoms with E-state index in [-0.39, 0.29) is 7.92 Å². The quantitative estimate of drug-likeness (QED) is 0.215. The van der Waals surface area contributed by atoms with Crippen molar-refractivity contribution in [1.29, 1.82) is 0 Å². The third-order valence-corrected chi connectivity index (χ3v) is 15.9. The summed E-state index contributed by atoms with van der Waals surface area (Å²) >= 11 is 0.382. The van der Waals surface area contributed by atoms with Gasteiger partial charge in [0.15, 0.2) is 0 Å². The third-order valence-electron chi connectivity index (χ3n) is 11.4. The Morgan fingerprint density at radius 3 is 1.38 bits per heavy atom. The van der Waals surface area contributed by atoms with Crippen LogP contribution in [0.1, 0.15) is 90.9 Å². The average molecular weight is 576 g/mol. The number of nitrogens with zero attached hydrogens (tertiary/aromatic N) is 1. The van der Waals surface area contributed by atoms with E-state index in [1.54, 1.807) is 83.2 Å². The second kappa shape index (κ2) is 11.7. The molecule has 8 rings (SSSR count). The van der Waals surface area contributed by atoms with Gasteiger partial charge >= 0.3 is 33.2 Å². The van der Waals surface area contributed by atoms with Crippen LogP contribution in [0.3, 0.4) is 0 Å². The molecule has 0 aliphatic heterocycles. The molecule has 0 spiro atoms. The van der Waals surface area contributed by atoms with Gasteiger partial charge in [0.25, 0.3) is 0 Å². The van der Waals surface area contributed by atoms with Crippen molar-refractivity contribution in [3.05, 3.63) is 0 Å². The molecular weight excluding hydrogens is 525 g/mol. The van der Waals surface area contributed by atoms with Crippen LogP contribution in [0.4, 0.5) is 0 Å². The average Bonchev–Trinajstić information content (AvgIpc) is 2.77. The van der Waals surface area contributed by atoms with Crippen molar-refractivity contribution in [2.24, 2.45) is 35.5 Å². The summed E-state index contributed by atoms with van der Waals surface area (Å²) in [6.45, 7) is 10.8. The second-order valence-electron chi connectivity index (χ2n) is 13.4. The van der Waals surface area contributed by atoms with E-state index in [0.717, 1.165) is 45.8 Å². The molecule has 0 unspecified atom stereocenters. The summed E-state index contributed by atoms with van der Waals surface area (Å²) in [5.41, 5.74) is 0. The van der Waals surface area contributed by atoms with Crippen molar-refractivity contribution >= 4 is 28.2 Å². The fourth-order valence-corrected chi connectivity index (χ4v) is 17.0. The fraction of sp³-hybridized carbons (Fsp3) is 1.00. The Hall–Kier alpha value is 1.44. The number of hydrogen-bond donors (Lipinski definition) is 1. The predicted molar refractivity (Wildman–Crippen MR) is 147 cm³/mol. The van der Waals surface area contributed by atoms with E-state index in [2.05, 4.69) is 24.1 Å². The van der Waals surface area contributed by atoms with E-state index in [9.17, 15) is 0 Å². The Morgan fingerprint density at radius 2 is 1.06 bits per heavy atom. The minimum atomic E-state index is -0.320. The summed E-state index contributed by atoms with van der Waals surface area (Å²) in [6.07, 6.45) is 21.4. The first kappa shape index (κ1) is 27.0. The fourth-order valence-electron chi connectivity index (χ4n) is 11.2. The molecule has 8 aliphatic carbocycles. The van der Waals surface area contributed by atoms with Gasteiger partial charge in [-0.15, -0.1) is 0 Å². The van der Waals surface area contributed by atoms with Crippen LogP contribution in [0.25, 0.3) is 0 Å². The zero-order chi connectivity index (χ0) is 23.8. The Balaban J connectivity index is 0.000000764. The van der Waals surface area contributed by atoms with Gasteiger partial charge in [-0.05, 0) is 126 Å². The van der Waals surface area contributed by atoms with Gasteiger partial charge in [0.2, 0.25) is 0 Å². The van der Waals surface area contributed by atoms with Gasteiger partial charge in [0.1, 0.15) is 0 Å². The van der Waals surface area contributed by atoms with E-state index in [1.165, 1.54) is 32.7 Å². The summed E-state index contributed by atoms with van der Waals surface area (Å²) in [7, 11) is 9.14. The first-order valence-electron chi connectivity index (χ1n) is 14.6. The van der Waals surface area contributed by atoms with Gasteiger partial charge in [-0.2, -0.15) is 0 Å². The zero-order valence-corrected chi connectivity index (χ0v) is 25.3. The molecule has 0 saturated heterocycles. The molecule has 2 nitrogen and oxygen atoms in total. The Morgan fingerprint density at radius 1 is 0.706 bits per heavy atom. The van der Waals surface area contributed by atoms with Crippen molar-refractivity contribution in [2.45, 2.75) is 101 Å². The maximum atomic E-state index is 4.73. The van der Waals surface area contributed by atoms with Gasteiger partial charge in [-0.1, -0.05) is 13.8 Å². The van der Waals surface area contributed by atoms with E-state index in [0.29, 0.717) is 12.9 Å². The topological polar surface area (TPSA) is 15.3 Å². The van der Waals surface area contributed by atoms with Crippen molar-refractivity contribution in [3.8, 4) is 0 Å². The summed E-state index contributed by atoms with van der Waals surface area (Å²) in [6, 6.07) is 0. The number of likely N-dealkylation sites (N-methyl/N-ethyl adjacent to an activating group) is 1. The summed E-state index contributed by atoms with van der Waals surface area (Å²) in [5.74, 6) is 6.81. The molecule has 8 bridgehead atoms. The monoisotopic (exact) mass is 574 g/mol. The Bertz CT molecular complexity index is 558. The van der Waals surface area contributed by atoms with Crippen LogP contribution in [0.2, 0.25) is 0 Å². The van der Waals surface area contributed by atoms with E-state index in [1.807, 2.05) is 0 Å². The summed E-state index contributed by atoms with van der Waals surface area (Å²) < 4.78 is 0. The summed E-state index contributed by atoms with van der Waals surface area (Å²) in [4.78, 5) is 2.58. The van der Waals surface area contributed by atoms with Crippen LogP contribution in [0.15, 0.2) is 0 Å². The number of rotatable bonds is 10. The van der Waals surface area contributed by atoms with E-state index >= 15 is 0 Å². The first-order valence-corrected chi connectivity index (χ1v) is 19.2. The normalized spacial score (nSPS) is 44.5. The molecule has 6 heteroatoms. The van der Waals surface area contributed by atoms with Gasteiger partial charge in [-0.25, -0.2) is 0 Å². The van der Waals surface area contributed by atoms with Gasteiger partial charge in [0, 0.05) is 27.6 Å². The third kappa shape index (κ3) is 5.58. The van der Waals surface area contributed by atoms with E-state index < -0.39 is 0 Å². The second-order valence-corrected chi connectivity index (χ2v) is 18.7. The molecule has 199 valence electrons. The van der Waals surface area contributed by atoms with Crippen LogP contribution in [0, 0.1) is 35.5 Å². The number of hydrogen-bond acceptors (Lipinski definition) is 2. The maximum absolute atomic E-state index is 4.73. The SMILES string of the molecule is CCN(CC)CCNCC[PH+](C12CC3CC(CC(C3)C1)C2)C12CC3CC(CC(C3)C1)C2.[Cl][Co][Cl]. The van der Waals surface area contributed by atoms with Crippen molar-refractivity contribution in [1.82, 2.24) is 10.2 Å². The molecule has 8 fully saturated rings. The van der Waals surface area contributed by atoms with Crippen LogP contribution in [0.5, 0.6) is 0 Å². The molecular formula is C28H50Cl2CoN2P+. The standard InChI is InChI=1S/C28H49N2P.2ClH.Co/c1-3-30(4-2)7-5-29-6-8-31(27-15-21-9-22(16-27)11-23(10-21)17-27)28-18-24-12-25(19-28)14-26(13-24)20-28;;;/h21-26,29H,3-20H2,1-2H3;2*1H;/q;;;+2/p-1. The number of nitrogens with one attached hydrogen (secondary N) is 1. The van der Waals surface area contributed by atoms with Crippen LogP contribution >= 0.6 is 28.2 Å². The molecule has 1 N–H and O–H groups in total. The van der Waals surface area contributed by atoms with Crippen LogP contribution in [-0.4, -0.2) is 54.1 Å².